The van der Waals surface area contributed by atoms with E-state index in [2.05, 4.69) is 10.2 Å². The van der Waals surface area contributed by atoms with Crippen molar-refractivity contribution in [1.29, 1.82) is 0 Å². The Labute approximate surface area is 181 Å². The molecule has 5 N–H and O–H groups in total. The van der Waals surface area contributed by atoms with Gasteiger partial charge in [0.25, 0.3) is 10.1 Å². The van der Waals surface area contributed by atoms with Gasteiger partial charge in [0.2, 0.25) is 0 Å². The van der Waals surface area contributed by atoms with Crippen molar-refractivity contribution in [2.45, 2.75) is 4.90 Å². The maximum absolute atomic E-state index is 11.3. The molecule has 0 aromatic heterocycles. The monoisotopic (exact) mass is 416 g/mol. The third-order valence-corrected chi connectivity index (χ3v) is 4.67. The normalized spacial score (nSPS) is 11.6. The molecule has 8 nitrogen and oxygen atoms in total. The van der Waals surface area contributed by atoms with Crippen molar-refractivity contribution in [3.05, 3.63) is 47.5 Å². The molecule has 0 spiro atoms. The van der Waals surface area contributed by atoms with E-state index in [9.17, 15) is 18.6 Å². The van der Waals surface area contributed by atoms with Crippen LogP contribution in [0.25, 0.3) is 10.8 Å². The van der Waals surface area contributed by atoms with E-state index in [0.717, 1.165) is 12.1 Å². The molecule has 135 valence electrons. The van der Waals surface area contributed by atoms with E-state index in [1.807, 2.05) is 0 Å². The zero-order valence-corrected chi connectivity index (χ0v) is 17.5. The third-order valence-electron chi connectivity index (χ3n) is 3.58. The number of fused-ring (bicyclic) bond motifs is 1. The second kappa shape index (κ2) is 8.01. The molecule has 1 radical (unpaired) electrons. The van der Waals surface area contributed by atoms with Crippen LogP contribution in [0.15, 0.2) is 57.6 Å². The van der Waals surface area contributed by atoms with Crippen molar-refractivity contribution in [3.8, 4) is 11.5 Å². The van der Waals surface area contributed by atoms with Crippen molar-refractivity contribution in [2.75, 3.05) is 5.73 Å². The predicted octanol–water partition coefficient (Wildman–Crippen LogP) is 3.77. The summed E-state index contributed by atoms with van der Waals surface area (Å²) in [6.07, 6.45) is 0. The van der Waals surface area contributed by atoms with Crippen molar-refractivity contribution in [1.82, 2.24) is 0 Å². The summed E-state index contributed by atoms with van der Waals surface area (Å²) in [5.74, 6) is -1.04. The fourth-order valence-corrected chi connectivity index (χ4v) is 3.32. The number of nitrogens with zero attached hydrogens (tertiary/aromatic N) is 2. The van der Waals surface area contributed by atoms with Crippen LogP contribution in [0.2, 0.25) is 5.02 Å². The van der Waals surface area contributed by atoms with Crippen LogP contribution >= 0.6 is 11.6 Å². The first-order valence-electron chi connectivity index (χ1n) is 7.10. The second-order valence-corrected chi connectivity index (χ2v) is 7.15. The molecule has 0 aliphatic heterocycles. The largest absolute Gasteiger partial charge is 0.506 e. The number of halogens is 1. The Balaban J connectivity index is 0.00000261. The smallest absolute Gasteiger partial charge is 0.298 e. The quantitative estimate of drug-likeness (QED) is 0.221. The van der Waals surface area contributed by atoms with Gasteiger partial charge in [-0.3, -0.25) is 4.55 Å². The fourth-order valence-electron chi connectivity index (χ4n) is 2.42. The average Bonchev–Trinajstić information content (AvgIpc) is 2.56. The van der Waals surface area contributed by atoms with Gasteiger partial charge in [0.1, 0.15) is 22.0 Å². The van der Waals surface area contributed by atoms with Gasteiger partial charge in [0.05, 0.1) is 0 Å². The van der Waals surface area contributed by atoms with E-state index in [1.165, 1.54) is 6.07 Å². The Hall–Kier alpha value is -1.88. The maximum atomic E-state index is 11.3. The first-order valence-corrected chi connectivity index (χ1v) is 8.92. The number of hydrogen-bond acceptors (Lipinski definition) is 7. The Morgan fingerprint density at radius 2 is 1.74 bits per heavy atom. The molecule has 0 saturated heterocycles. The fraction of sp³-hybridized carbons (Fsp3) is 0. The number of aromatic hydroxyl groups is 2. The summed E-state index contributed by atoms with van der Waals surface area (Å²) in [6.45, 7) is 0. The Morgan fingerprint density at radius 3 is 2.41 bits per heavy atom. The summed E-state index contributed by atoms with van der Waals surface area (Å²) < 4.78 is 31.8. The number of phenolic OH excluding ortho intramolecular Hbond substituents is 2. The van der Waals surface area contributed by atoms with Gasteiger partial charge in [0.15, 0.2) is 5.75 Å². The minimum atomic E-state index is -4.72. The molecule has 11 heteroatoms. The molecule has 27 heavy (non-hydrogen) atoms. The molecule has 0 aliphatic rings. The van der Waals surface area contributed by atoms with Crippen LogP contribution in [0.4, 0.5) is 17.1 Å². The molecular formula is C16H12ClN3NaO5S. The van der Waals surface area contributed by atoms with Crippen molar-refractivity contribution >= 4 is 79.1 Å². The van der Waals surface area contributed by atoms with Crippen molar-refractivity contribution < 1.29 is 23.2 Å². The molecule has 3 aromatic rings. The number of nitrogens with two attached hydrogens (primary N) is 1. The standard InChI is InChI=1S/C16H12ClN3O5S.Na/c17-9-6-11(16(22)13(7-9)26(23,24)25)19-20-15-12(21)5-4-8-2-1-3-10(18)14(8)15;/h1-7,21-22H,18H2,(H,23,24,25);. The number of azo groups is 1. The van der Waals surface area contributed by atoms with E-state index >= 15 is 0 Å². The van der Waals surface area contributed by atoms with Crippen LogP contribution in [-0.2, 0) is 10.1 Å². The molecule has 0 unspecified atom stereocenters. The molecule has 3 aromatic carbocycles. The molecule has 0 fully saturated rings. The SMILES string of the molecule is Nc1cccc2ccc(O)c(N=Nc3cc(Cl)cc(S(=O)(=O)O)c3O)c12.[Na]. The van der Waals surface area contributed by atoms with Crippen molar-refractivity contribution in [2.24, 2.45) is 10.2 Å². The first kappa shape index (κ1) is 21.4. The van der Waals surface area contributed by atoms with E-state index in [4.69, 9.17) is 21.9 Å². The van der Waals surface area contributed by atoms with Gasteiger partial charge >= 0.3 is 0 Å². The molecule has 0 atom stereocenters. The summed E-state index contributed by atoms with van der Waals surface area (Å²) in [6, 6.07) is 10.2. The minimum absolute atomic E-state index is 0. The average molecular weight is 417 g/mol. The Morgan fingerprint density at radius 1 is 1.04 bits per heavy atom. The number of rotatable bonds is 3. The van der Waals surface area contributed by atoms with Gasteiger partial charge in [-0.15, -0.1) is 10.2 Å². The number of anilines is 1. The van der Waals surface area contributed by atoms with E-state index < -0.39 is 20.8 Å². The van der Waals surface area contributed by atoms with Gasteiger partial charge in [0, 0.05) is 45.7 Å². The van der Waals surface area contributed by atoms with Crippen LogP contribution < -0.4 is 5.73 Å². The van der Waals surface area contributed by atoms with Gasteiger partial charge in [-0.2, -0.15) is 8.42 Å². The summed E-state index contributed by atoms with van der Waals surface area (Å²) >= 11 is 5.80. The first-order chi connectivity index (χ1) is 12.2. The van der Waals surface area contributed by atoms with Crippen LogP contribution in [0, 0.1) is 0 Å². The molecular weight excluding hydrogens is 405 g/mol. The number of phenols is 2. The minimum Gasteiger partial charge on any atom is -0.506 e. The van der Waals surface area contributed by atoms with Crippen LogP contribution in [-0.4, -0.2) is 52.7 Å². The maximum Gasteiger partial charge on any atom is 0.298 e. The van der Waals surface area contributed by atoms with E-state index in [0.29, 0.717) is 16.5 Å². The summed E-state index contributed by atoms with van der Waals surface area (Å²) in [4.78, 5) is -0.805. The molecule has 0 aliphatic carbocycles. The van der Waals surface area contributed by atoms with E-state index in [1.54, 1.807) is 24.3 Å². The third kappa shape index (κ3) is 4.34. The van der Waals surface area contributed by atoms with Crippen LogP contribution in [0.1, 0.15) is 0 Å². The summed E-state index contributed by atoms with van der Waals surface area (Å²) in [5, 5.41) is 28.8. The van der Waals surface area contributed by atoms with Gasteiger partial charge in [-0.25, -0.2) is 0 Å². The van der Waals surface area contributed by atoms with E-state index in [-0.39, 0.29) is 51.7 Å². The summed E-state index contributed by atoms with van der Waals surface area (Å²) in [5.41, 5.74) is 6.01. The zero-order chi connectivity index (χ0) is 19.1. The predicted molar refractivity (Wildman–Crippen MR) is 103 cm³/mol. The van der Waals surface area contributed by atoms with Gasteiger partial charge in [-0.1, -0.05) is 29.8 Å². The number of benzene rings is 3. The number of nitrogen functional groups attached to an aromatic ring is 1. The summed E-state index contributed by atoms with van der Waals surface area (Å²) in [7, 11) is -4.72. The molecule has 0 heterocycles. The molecule has 3 rings (SSSR count). The topological polar surface area (TPSA) is 146 Å². The van der Waals surface area contributed by atoms with Crippen molar-refractivity contribution in [3.63, 3.8) is 0 Å². The van der Waals surface area contributed by atoms with Crippen LogP contribution in [0.3, 0.4) is 0 Å². The molecule has 0 saturated carbocycles. The van der Waals surface area contributed by atoms with Crippen LogP contribution in [0.5, 0.6) is 11.5 Å². The van der Waals surface area contributed by atoms with Gasteiger partial charge in [-0.05, 0) is 29.7 Å². The molecule has 0 amide bonds. The second-order valence-electron chi connectivity index (χ2n) is 5.33. The molecule has 0 bridgehead atoms. The number of hydrogen-bond donors (Lipinski definition) is 4. The Kier molecular flexibility index (Phi) is 6.35. The Bertz CT molecular complexity index is 1170. The zero-order valence-electron chi connectivity index (χ0n) is 14.0. The van der Waals surface area contributed by atoms with Gasteiger partial charge < -0.3 is 15.9 Å².